The van der Waals surface area contributed by atoms with Gasteiger partial charge in [0.1, 0.15) is 0 Å². The number of aromatic amines is 1. The van der Waals surface area contributed by atoms with Crippen LogP contribution in [0.5, 0.6) is 0 Å². The van der Waals surface area contributed by atoms with Gasteiger partial charge in [0.15, 0.2) is 0 Å². The maximum Gasteiger partial charge on any atom is 0.256 e. The molecule has 4 heteroatoms. The lowest BCUT2D eigenvalue weighted by Crippen LogP contribution is -2.47. The fraction of sp³-hybridized carbons (Fsp3) is 0.400. The van der Waals surface area contributed by atoms with Crippen molar-refractivity contribution in [2.24, 2.45) is 0 Å². The molecule has 1 saturated heterocycles. The van der Waals surface area contributed by atoms with E-state index >= 15 is 0 Å². The number of aromatic nitrogens is 1. The Balaban J connectivity index is 1.89. The topological polar surface area (TPSA) is 48.1 Å². The normalized spacial score (nSPS) is 19.8. The van der Waals surface area contributed by atoms with Crippen molar-refractivity contribution in [1.29, 1.82) is 0 Å². The largest absolute Gasteiger partial charge is 0.361 e. The summed E-state index contributed by atoms with van der Waals surface area (Å²) in [4.78, 5) is 17.8. The molecule has 19 heavy (non-hydrogen) atoms. The molecule has 0 aliphatic carbocycles. The molecule has 1 atom stereocenters. The SMILES string of the molecule is CNC1CCCN(C(=O)c2cccc3cc[nH]c23)C1. The number of carbonyl (C=O) groups excluding carboxylic acids is 1. The summed E-state index contributed by atoms with van der Waals surface area (Å²) in [6, 6.07) is 8.29. The highest BCUT2D eigenvalue weighted by Crippen LogP contribution is 2.20. The molecule has 2 aromatic rings. The van der Waals surface area contributed by atoms with E-state index in [-0.39, 0.29) is 5.91 Å². The number of piperidine rings is 1. The molecule has 3 rings (SSSR count). The molecular formula is C15H19N3O. The summed E-state index contributed by atoms with van der Waals surface area (Å²) >= 11 is 0. The first kappa shape index (κ1) is 12.2. The number of H-pyrrole nitrogens is 1. The van der Waals surface area contributed by atoms with Gasteiger partial charge in [-0.1, -0.05) is 12.1 Å². The van der Waals surface area contributed by atoms with Crippen LogP contribution in [0, 0.1) is 0 Å². The number of likely N-dealkylation sites (tertiary alicyclic amines) is 1. The summed E-state index contributed by atoms with van der Waals surface area (Å²) in [6.45, 7) is 1.65. The highest BCUT2D eigenvalue weighted by Gasteiger charge is 2.24. The molecule has 0 saturated carbocycles. The van der Waals surface area contributed by atoms with Gasteiger partial charge in [-0.2, -0.15) is 0 Å². The highest BCUT2D eigenvalue weighted by molar-refractivity contribution is 6.05. The van der Waals surface area contributed by atoms with Crippen LogP contribution in [0.25, 0.3) is 10.9 Å². The molecule has 1 aliphatic heterocycles. The van der Waals surface area contributed by atoms with Crippen molar-refractivity contribution in [3.05, 3.63) is 36.0 Å². The lowest BCUT2D eigenvalue weighted by atomic mass is 10.0. The zero-order valence-electron chi connectivity index (χ0n) is 11.1. The summed E-state index contributed by atoms with van der Waals surface area (Å²) in [5, 5.41) is 4.36. The van der Waals surface area contributed by atoms with Crippen LogP contribution >= 0.6 is 0 Å². The Morgan fingerprint density at radius 2 is 2.32 bits per heavy atom. The fourth-order valence-corrected chi connectivity index (χ4v) is 2.83. The highest BCUT2D eigenvalue weighted by atomic mass is 16.2. The fourth-order valence-electron chi connectivity index (χ4n) is 2.83. The van der Waals surface area contributed by atoms with Crippen LogP contribution < -0.4 is 5.32 Å². The van der Waals surface area contributed by atoms with Crippen LogP contribution in [0.15, 0.2) is 30.5 Å². The quantitative estimate of drug-likeness (QED) is 0.864. The molecule has 0 spiro atoms. The standard InChI is InChI=1S/C15H19N3O/c1-16-12-5-3-9-18(10-12)15(19)13-6-2-4-11-7-8-17-14(11)13/h2,4,6-8,12,16-17H,3,5,9-10H2,1H3. The Hall–Kier alpha value is -1.81. The Morgan fingerprint density at radius 1 is 1.42 bits per heavy atom. The second kappa shape index (κ2) is 5.05. The number of nitrogens with one attached hydrogen (secondary N) is 2. The van der Waals surface area contributed by atoms with Crippen LogP contribution in [-0.2, 0) is 0 Å². The van der Waals surface area contributed by atoms with E-state index in [0.717, 1.165) is 42.4 Å². The lowest BCUT2D eigenvalue weighted by molar-refractivity contribution is 0.0700. The minimum Gasteiger partial charge on any atom is -0.361 e. The van der Waals surface area contributed by atoms with Gasteiger partial charge < -0.3 is 15.2 Å². The number of fused-ring (bicyclic) bond motifs is 1. The van der Waals surface area contributed by atoms with Crippen molar-refractivity contribution in [2.45, 2.75) is 18.9 Å². The number of carbonyl (C=O) groups is 1. The summed E-state index contributed by atoms with van der Waals surface area (Å²) in [7, 11) is 1.96. The van der Waals surface area contributed by atoms with Crippen LogP contribution in [0.1, 0.15) is 23.2 Å². The van der Waals surface area contributed by atoms with Gasteiger partial charge in [0, 0.05) is 30.7 Å². The van der Waals surface area contributed by atoms with E-state index in [0.29, 0.717) is 6.04 Å². The van der Waals surface area contributed by atoms with Crippen LogP contribution in [0.2, 0.25) is 0 Å². The Bertz CT molecular complexity index is 590. The van der Waals surface area contributed by atoms with Gasteiger partial charge in [-0.3, -0.25) is 4.79 Å². The summed E-state index contributed by atoms with van der Waals surface area (Å²) in [6.07, 6.45) is 4.10. The smallest absolute Gasteiger partial charge is 0.256 e. The number of likely N-dealkylation sites (N-methyl/N-ethyl adjacent to an activating group) is 1. The van der Waals surface area contributed by atoms with Crippen LogP contribution in [0.3, 0.4) is 0 Å². The zero-order chi connectivity index (χ0) is 13.2. The third-order valence-corrected chi connectivity index (χ3v) is 3.93. The van der Waals surface area contributed by atoms with E-state index < -0.39 is 0 Å². The van der Waals surface area contributed by atoms with Crippen molar-refractivity contribution in [2.75, 3.05) is 20.1 Å². The number of amides is 1. The second-order valence-corrected chi connectivity index (χ2v) is 5.13. The van der Waals surface area contributed by atoms with Gasteiger partial charge in [0.2, 0.25) is 0 Å². The van der Waals surface area contributed by atoms with E-state index in [9.17, 15) is 4.79 Å². The van der Waals surface area contributed by atoms with Crippen molar-refractivity contribution >= 4 is 16.8 Å². The maximum atomic E-state index is 12.7. The van der Waals surface area contributed by atoms with Gasteiger partial charge in [0.25, 0.3) is 5.91 Å². The van der Waals surface area contributed by atoms with E-state index in [1.54, 1.807) is 0 Å². The Morgan fingerprint density at radius 3 is 3.16 bits per heavy atom. The van der Waals surface area contributed by atoms with Gasteiger partial charge >= 0.3 is 0 Å². The molecule has 4 nitrogen and oxygen atoms in total. The number of para-hydroxylation sites is 1. The number of benzene rings is 1. The molecule has 0 radical (unpaired) electrons. The molecule has 1 amide bonds. The number of hydrogen-bond donors (Lipinski definition) is 2. The van der Waals surface area contributed by atoms with Crippen molar-refractivity contribution in [3.63, 3.8) is 0 Å². The molecule has 1 aliphatic rings. The minimum absolute atomic E-state index is 0.132. The maximum absolute atomic E-state index is 12.7. The van der Waals surface area contributed by atoms with Gasteiger partial charge in [-0.25, -0.2) is 0 Å². The number of nitrogens with zero attached hydrogens (tertiary/aromatic N) is 1. The van der Waals surface area contributed by atoms with Crippen molar-refractivity contribution in [3.8, 4) is 0 Å². The third-order valence-electron chi connectivity index (χ3n) is 3.93. The molecule has 1 fully saturated rings. The number of rotatable bonds is 2. The molecule has 1 aromatic heterocycles. The first-order valence-corrected chi connectivity index (χ1v) is 6.82. The predicted molar refractivity (Wildman–Crippen MR) is 76.3 cm³/mol. The summed E-state index contributed by atoms with van der Waals surface area (Å²) in [5.41, 5.74) is 1.72. The molecule has 1 aromatic carbocycles. The van der Waals surface area contributed by atoms with Gasteiger partial charge in [0.05, 0.1) is 11.1 Å². The van der Waals surface area contributed by atoms with Gasteiger partial charge in [-0.05, 0) is 32.0 Å². The summed E-state index contributed by atoms with van der Waals surface area (Å²) in [5.74, 6) is 0.132. The molecule has 2 N–H and O–H groups in total. The van der Waals surface area contributed by atoms with Gasteiger partial charge in [-0.15, -0.1) is 0 Å². The van der Waals surface area contributed by atoms with Crippen LogP contribution in [-0.4, -0.2) is 42.0 Å². The molecule has 100 valence electrons. The predicted octanol–water partition coefficient (Wildman–Crippen LogP) is 1.99. The second-order valence-electron chi connectivity index (χ2n) is 5.13. The lowest BCUT2D eigenvalue weighted by Gasteiger charge is -2.32. The summed E-state index contributed by atoms with van der Waals surface area (Å²) < 4.78 is 0. The first-order chi connectivity index (χ1) is 9.29. The Kier molecular flexibility index (Phi) is 3.25. The van der Waals surface area contributed by atoms with E-state index in [2.05, 4.69) is 10.3 Å². The van der Waals surface area contributed by atoms with E-state index in [1.807, 2.05) is 42.4 Å². The zero-order valence-corrected chi connectivity index (χ0v) is 11.1. The minimum atomic E-state index is 0.132. The number of hydrogen-bond acceptors (Lipinski definition) is 2. The van der Waals surface area contributed by atoms with E-state index in [4.69, 9.17) is 0 Å². The third kappa shape index (κ3) is 2.24. The molecule has 2 heterocycles. The molecular weight excluding hydrogens is 238 g/mol. The molecule has 1 unspecified atom stereocenters. The van der Waals surface area contributed by atoms with Crippen molar-refractivity contribution in [1.82, 2.24) is 15.2 Å². The average molecular weight is 257 g/mol. The first-order valence-electron chi connectivity index (χ1n) is 6.82. The molecule has 0 bridgehead atoms. The average Bonchev–Trinajstić information content (AvgIpc) is 2.95. The Labute approximate surface area is 112 Å². The van der Waals surface area contributed by atoms with E-state index in [1.165, 1.54) is 0 Å². The van der Waals surface area contributed by atoms with Crippen molar-refractivity contribution < 1.29 is 4.79 Å². The van der Waals surface area contributed by atoms with Crippen LogP contribution in [0.4, 0.5) is 0 Å². The monoisotopic (exact) mass is 257 g/mol.